The third kappa shape index (κ3) is 3.45. The Hall–Kier alpha value is -2.62. The number of hydrogen-bond acceptors (Lipinski definition) is 4. The van der Waals surface area contributed by atoms with Gasteiger partial charge in [-0.2, -0.15) is 5.26 Å². The molecule has 1 aliphatic rings. The number of piperidine rings is 1. The fourth-order valence-corrected chi connectivity index (χ4v) is 4.82. The zero-order valence-electron chi connectivity index (χ0n) is 17.1. The summed E-state index contributed by atoms with van der Waals surface area (Å²) in [5.41, 5.74) is 3.19. The number of hydrogen-bond donors (Lipinski definition) is 1. The number of nitrogens with zero attached hydrogens (tertiary/aromatic N) is 4. The highest BCUT2D eigenvalue weighted by atomic mass is 16.3. The Morgan fingerprint density at radius 1 is 1.24 bits per heavy atom. The van der Waals surface area contributed by atoms with Gasteiger partial charge in [0.1, 0.15) is 11.7 Å². The number of β-amino-alcohol motifs (C(OH)–C–C–N with tert-alkyl or cyclic N) is 1. The number of fused-ring (bicyclic) bond motifs is 3. The molecule has 3 aromatic rings. The lowest BCUT2D eigenvalue weighted by Gasteiger charge is -2.36. The normalized spacial score (nSPS) is 18.9. The van der Waals surface area contributed by atoms with Crippen LogP contribution in [0.25, 0.3) is 16.7 Å². The Labute approximate surface area is 170 Å². The van der Waals surface area contributed by atoms with E-state index in [0.29, 0.717) is 35.9 Å². The highest BCUT2D eigenvalue weighted by molar-refractivity contribution is 5.84. The number of aromatic nitrogens is 2. The lowest BCUT2D eigenvalue weighted by atomic mass is 9.99. The third-order valence-corrected chi connectivity index (χ3v) is 6.23. The van der Waals surface area contributed by atoms with Crippen molar-refractivity contribution >= 4 is 16.7 Å². The number of rotatable bonds is 5. The largest absolute Gasteiger partial charge is 0.390 e. The minimum atomic E-state index is -0.580. The van der Waals surface area contributed by atoms with E-state index >= 15 is 0 Å². The Kier molecular flexibility index (Phi) is 5.44. The lowest BCUT2D eigenvalue weighted by Crippen LogP contribution is -2.44. The molecule has 6 nitrogen and oxygen atoms in total. The molecule has 6 heteroatoms. The molecule has 1 fully saturated rings. The molecule has 0 spiro atoms. The number of nitriles is 1. The summed E-state index contributed by atoms with van der Waals surface area (Å²) < 4.78 is 3.54. The minimum absolute atomic E-state index is 0.150. The third-order valence-electron chi connectivity index (χ3n) is 6.23. The molecule has 1 saturated heterocycles. The molecule has 0 aliphatic carbocycles. The van der Waals surface area contributed by atoms with Gasteiger partial charge in [0.15, 0.2) is 0 Å². The van der Waals surface area contributed by atoms with Crippen LogP contribution in [0.5, 0.6) is 0 Å². The molecule has 2 aromatic heterocycles. The second-order valence-corrected chi connectivity index (χ2v) is 8.12. The van der Waals surface area contributed by atoms with E-state index in [4.69, 9.17) is 0 Å². The molecule has 0 saturated carbocycles. The van der Waals surface area contributed by atoms with Crippen LogP contribution < -0.4 is 5.56 Å². The summed E-state index contributed by atoms with van der Waals surface area (Å²) in [6.07, 6.45) is 4.13. The van der Waals surface area contributed by atoms with Crippen molar-refractivity contribution in [3.05, 3.63) is 51.8 Å². The van der Waals surface area contributed by atoms with E-state index in [1.165, 1.54) is 25.3 Å². The van der Waals surface area contributed by atoms with E-state index < -0.39 is 6.10 Å². The number of benzene rings is 1. The first-order valence-corrected chi connectivity index (χ1v) is 10.5. The Morgan fingerprint density at radius 2 is 2.00 bits per heavy atom. The summed E-state index contributed by atoms with van der Waals surface area (Å²) in [5.74, 6) is 0. The van der Waals surface area contributed by atoms with Crippen LogP contribution in [-0.4, -0.2) is 44.2 Å². The van der Waals surface area contributed by atoms with Crippen LogP contribution in [0.1, 0.15) is 43.7 Å². The van der Waals surface area contributed by atoms with Gasteiger partial charge in [-0.05, 0) is 50.4 Å². The number of para-hydroxylation sites is 2. The van der Waals surface area contributed by atoms with Crippen LogP contribution in [0.15, 0.2) is 35.1 Å². The van der Waals surface area contributed by atoms with Gasteiger partial charge in [0.25, 0.3) is 5.56 Å². The first kappa shape index (κ1) is 19.7. The second-order valence-electron chi connectivity index (χ2n) is 8.12. The first-order valence-electron chi connectivity index (χ1n) is 10.5. The van der Waals surface area contributed by atoms with Crippen LogP contribution in [0, 0.1) is 18.3 Å². The number of likely N-dealkylation sites (tertiary alicyclic amines) is 1. The highest BCUT2D eigenvalue weighted by Gasteiger charge is 2.24. The molecule has 1 aliphatic heterocycles. The summed E-state index contributed by atoms with van der Waals surface area (Å²) in [5, 5.41) is 20.7. The molecule has 0 amide bonds. The molecular formula is C23H28N4O2. The van der Waals surface area contributed by atoms with Crippen molar-refractivity contribution in [2.24, 2.45) is 0 Å². The van der Waals surface area contributed by atoms with Crippen molar-refractivity contribution < 1.29 is 5.11 Å². The lowest BCUT2D eigenvalue weighted by molar-refractivity contribution is 0.0581. The van der Waals surface area contributed by atoms with E-state index in [1.807, 2.05) is 28.8 Å². The van der Waals surface area contributed by atoms with Gasteiger partial charge in [0.05, 0.1) is 29.2 Å². The summed E-state index contributed by atoms with van der Waals surface area (Å²) in [7, 11) is 0. The van der Waals surface area contributed by atoms with Crippen molar-refractivity contribution in [3.8, 4) is 6.07 Å². The Morgan fingerprint density at radius 3 is 2.72 bits per heavy atom. The van der Waals surface area contributed by atoms with Crippen LogP contribution in [0.4, 0.5) is 0 Å². The highest BCUT2D eigenvalue weighted by Crippen LogP contribution is 2.25. The smallest absolute Gasteiger partial charge is 0.257 e. The summed E-state index contributed by atoms with van der Waals surface area (Å²) in [6.45, 7) is 5.97. The minimum Gasteiger partial charge on any atom is -0.390 e. The van der Waals surface area contributed by atoms with Crippen molar-refractivity contribution in [2.75, 3.05) is 13.1 Å². The van der Waals surface area contributed by atoms with Crippen molar-refractivity contribution in [2.45, 2.75) is 58.2 Å². The predicted molar refractivity (Wildman–Crippen MR) is 114 cm³/mol. The average molecular weight is 393 g/mol. The second kappa shape index (κ2) is 8.02. The van der Waals surface area contributed by atoms with E-state index in [2.05, 4.69) is 17.9 Å². The number of pyridine rings is 1. The van der Waals surface area contributed by atoms with Gasteiger partial charge in [0.2, 0.25) is 0 Å². The van der Waals surface area contributed by atoms with Gasteiger partial charge < -0.3 is 9.67 Å². The van der Waals surface area contributed by atoms with Gasteiger partial charge in [-0.15, -0.1) is 0 Å². The van der Waals surface area contributed by atoms with Crippen LogP contribution >= 0.6 is 0 Å². The van der Waals surface area contributed by atoms with Gasteiger partial charge in [-0.25, -0.2) is 0 Å². The van der Waals surface area contributed by atoms with Crippen molar-refractivity contribution in [3.63, 3.8) is 0 Å². The summed E-state index contributed by atoms with van der Waals surface area (Å²) in [4.78, 5) is 15.1. The fourth-order valence-electron chi connectivity index (χ4n) is 4.82. The molecule has 0 unspecified atom stereocenters. The fraction of sp³-hybridized carbons (Fsp3) is 0.478. The average Bonchev–Trinajstić information content (AvgIpc) is 3.03. The topological polar surface area (TPSA) is 73.7 Å². The van der Waals surface area contributed by atoms with Crippen LogP contribution in [0.3, 0.4) is 0 Å². The van der Waals surface area contributed by atoms with Gasteiger partial charge in [0, 0.05) is 18.7 Å². The molecule has 3 heterocycles. The molecule has 0 bridgehead atoms. The van der Waals surface area contributed by atoms with Gasteiger partial charge in [-0.3, -0.25) is 14.1 Å². The van der Waals surface area contributed by atoms with Crippen molar-refractivity contribution in [1.82, 2.24) is 13.9 Å². The molecule has 4 rings (SSSR count). The van der Waals surface area contributed by atoms with Crippen LogP contribution in [-0.2, 0) is 6.54 Å². The van der Waals surface area contributed by atoms with E-state index in [-0.39, 0.29) is 5.56 Å². The summed E-state index contributed by atoms with van der Waals surface area (Å²) in [6, 6.07) is 11.9. The maximum Gasteiger partial charge on any atom is 0.257 e. The zero-order chi connectivity index (χ0) is 20.5. The standard InChI is InChI=1S/C23H28N4O2/c1-3-17-8-6-7-11-25(17)14-18(28)15-26-20-9-4-5-10-21(20)27-22(29)12-16(2)19(13-24)23(26)27/h4-5,9-10,12,17-18,28H,3,6-8,11,14-15H2,1-2H3/t17-,18-/m0/s1. The molecule has 1 N–H and O–H groups in total. The van der Waals surface area contributed by atoms with Gasteiger partial charge in [-0.1, -0.05) is 25.5 Å². The van der Waals surface area contributed by atoms with Crippen LogP contribution in [0.2, 0.25) is 0 Å². The number of imidazole rings is 1. The predicted octanol–water partition coefficient (Wildman–Crippen LogP) is 3.06. The van der Waals surface area contributed by atoms with E-state index in [9.17, 15) is 15.2 Å². The SMILES string of the molecule is CC[C@H]1CCCCN1C[C@H](O)Cn1c2ccccc2n2c(=O)cc(C)c(C#N)c12. The number of aliphatic hydroxyl groups is 1. The van der Waals surface area contributed by atoms with E-state index in [0.717, 1.165) is 24.0 Å². The molecule has 1 aromatic carbocycles. The Bertz CT molecular complexity index is 1140. The maximum atomic E-state index is 12.7. The Balaban J connectivity index is 1.78. The monoisotopic (exact) mass is 392 g/mol. The van der Waals surface area contributed by atoms with Gasteiger partial charge >= 0.3 is 0 Å². The molecule has 152 valence electrons. The maximum absolute atomic E-state index is 12.7. The summed E-state index contributed by atoms with van der Waals surface area (Å²) >= 11 is 0. The first-order chi connectivity index (χ1) is 14.0. The molecule has 29 heavy (non-hydrogen) atoms. The quantitative estimate of drug-likeness (QED) is 0.724. The molecule has 2 atom stereocenters. The zero-order valence-corrected chi connectivity index (χ0v) is 17.1. The van der Waals surface area contributed by atoms with Crippen molar-refractivity contribution in [1.29, 1.82) is 5.26 Å². The van der Waals surface area contributed by atoms with E-state index in [1.54, 1.807) is 11.3 Å². The molecular weight excluding hydrogens is 364 g/mol. The number of aliphatic hydroxyl groups excluding tert-OH is 1. The number of aryl methyl sites for hydroxylation is 1. The molecule has 0 radical (unpaired) electrons.